The summed E-state index contributed by atoms with van der Waals surface area (Å²) in [6.45, 7) is 2.76. The Labute approximate surface area is 178 Å². The van der Waals surface area contributed by atoms with E-state index in [2.05, 4.69) is 10.0 Å². The predicted octanol–water partition coefficient (Wildman–Crippen LogP) is 1.67. The van der Waals surface area contributed by atoms with Gasteiger partial charge < -0.3 is 15.0 Å². The quantitative estimate of drug-likeness (QED) is 0.644. The van der Waals surface area contributed by atoms with Crippen molar-refractivity contribution in [2.45, 2.75) is 55.9 Å². The summed E-state index contributed by atoms with van der Waals surface area (Å²) in [7, 11) is -3.65. The standard InChI is InChI=1S/C21H31N3O5S/c25-20(24-13-3-1-2-4-14-24)11-12-22-21(26)17-7-9-19(10-8-17)30(27,28)23-16-18-6-5-15-29-18/h7-10,18,23H,1-6,11-16H2,(H,22,26)/t18-/m0/s1. The molecule has 1 aromatic carbocycles. The number of likely N-dealkylation sites (tertiary alicyclic amines) is 1. The number of nitrogens with zero attached hydrogens (tertiary/aromatic N) is 1. The van der Waals surface area contributed by atoms with Crippen LogP contribution in [0.2, 0.25) is 0 Å². The minimum absolute atomic E-state index is 0.0657. The zero-order valence-electron chi connectivity index (χ0n) is 17.3. The molecule has 2 aliphatic rings. The molecule has 1 atom stereocenters. The Morgan fingerprint density at radius 2 is 1.73 bits per heavy atom. The minimum Gasteiger partial charge on any atom is -0.377 e. The summed E-state index contributed by atoms with van der Waals surface area (Å²) >= 11 is 0. The molecule has 30 heavy (non-hydrogen) atoms. The van der Waals surface area contributed by atoms with Gasteiger partial charge in [-0.2, -0.15) is 0 Å². The fourth-order valence-corrected chi connectivity index (χ4v) is 4.81. The number of benzene rings is 1. The number of carbonyl (C=O) groups excluding carboxylic acids is 2. The maximum absolute atomic E-state index is 12.4. The topological polar surface area (TPSA) is 105 Å². The summed E-state index contributed by atoms with van der Waals surface area (Å²) in [5, 5.41) is 2.74. The van der Waals surface area contributed by atoms with E-state index in [0.717, 1.165) is 51.6 Å². The van der Waals surface area contributed by atoms with Crippen LogP contribution in [0.3, 0.4) is 0 Å². The molecule has 0 unspecified atom stereocenters. The van der Waals surface area contributed by atoms with Crippen LogP contribution in [-0.4, -0.2) is 64.0 Å². The third-order valence-electron chi connectivity index (χ3n) is 5.54. The highest BCUT2D eigenvalue weighted by Crippen LogP contribution is 2.14. The van der Waals surface area contributed by atoms with Gasteiger partial charge in [0.1, 0.15) is 0 Å². The highest BCUT2D eigenvalue weighted by molar-refractivity contribution is 7.89. The molecule has 9 heteroatoms. The lowest BCUT2D eigenvalue weighted by Crippen LogP contribution is -2.35. The lowest BCUT2D eigenvalue weighted by molar-refractivity contribution is -0.131. The summed E-state index contributed by atoms with van der Waals surface area (Å²) in [6.07, 6.45) is 6.38. The Hall–Kier alpha value is -1.97. The smallest absolute Gasteiger partial charge is 0.251 e. The minimum atomic E-state index is -3.65. The van der Waals surface area contributed by atoms with Crippen molar-refractivity contribution in [2.75, 3.05) is 32.8 Å². The summed E-state index contributed by atoms with van der Waals surface area (Å²) in [5.74, 6) is -0.258. The van der Waals surface area contributed by atoms with E-state index in [1.54, 1.807) is 0 Å². The number of sulfonamides is 1. The van der Waals surface area contributed by atoms with Gasteiger partial charge in [-0.15, -0.1) is 0 Å². The van der Waals surface area contributed by atoms with Gasteiger partial charge >= 0.3 is 0 Å². The summed E-state index contributed by atoms with van der Waals surface area (Å²) in [5.41, 5.74) is 0.357. The van der Waals surface area contributed by atoms with E-state index in [0.29, 0.717) is 12.2 Å². The van der Waals surface area contributed by atoms with Crippen LogP contribution in [0.1, 0.15) is 55.3 Å². The summed E-state index contributed by atoms with van der Waals surface area (Å²) in [6, 6.07) is 5.78. The number of carbonyl (C=O) groups is 2. The monoisotopic (exact) mass is 437 g/mol. The van der Waals surface area contributed by atoms with E-state index in [1.165, 1.54) is 24.3 Å². The zero-order valence-corrected chi connectivity index (χ0v) is 18.1. The Bertz CT molecular complexity index is 812. The molecule has 2 N–H and O–H groups in total. The average Bonchev–Trinajstić information content (AvgIpc) is 3.12. The molecule has 2 aliphatic heterocycles. The second-order valence-corrected chi connectivity index (χ2v) is 9.58. The fourth-order valence-electron chi connectivity index (χ4n) is 3.74. The van der Waals surface area contributed by atoms with E-state index in [4.69, 9.17) is 4.74 Å². The third-order valence-corrected chi connectivity index (χ3v) is 6.97. The highest BCUT2D eigenvalue weighted by Gasteiger charge is 2.21. The van der Waals surface area contributed by atoms with Crippen LogP contribution < -0.4 is 10.0 Å². The SMILES string of the molecule is O=C(NCCC(=O)N1CCCCCC1)c1ccc(S(=O)(=O)NC[C@@H]2CCCO2)cc1. The predicted molar refractivity (Wildman–Crippen MR) is 113 cm³/mol. The second kappa shape index (κ2) is 10.9. The summed E-state index contributed by atoms with van der Waals surface area (Å²) < 4.78 is 32.7. The molecule has 0 radical (unpaired) electrons. The third kappa shape index (κ3) is 6.52. The van der Waals surface area contributed by atoms with Crippen molar-refractivity contribution in [2.24, 2.45) is 0 Å². The van der Waals surface area contributed by atoms with Crippen LogP contribution in [0.5, 0.6) is 0 Å². The number of amides is 2. The van der Waals surface area contributed by atoms with Gasteiger partial charge in [0, 0.05) is 44.8 Å². The fraction of sp³-hybridized carbons (Fsp3) is 0.619. The zero-order chi connectivity index (χ0) is 21.4. The van der Waals surface area contributed by atoms with Gasteiger partial charge in [-0.3, -0.25) is 9.59 Å². The highest BCUT2D eigenvalue weighted by atomic mass is 32.2. The molecule has 0 aliphatic carbocycles. The van der Waals surface area contributed by atoms with Crippen molar-refractivity contribution in [3.05, 3.63) is 29.8 Å². The number of nitrogens with one attached hydrogen (secondary N) is 2. The van der Waals surface area contributed by atoms with Crippen molar-refractivity contribution in [1.82, 2.24) is 14.9 Å². The Kier molecular flexibility index (Phi) is 8.24. The first-order valence-electron chi connectivity index (χ1n) is 10.7. The van der Waals surface area contributed by atoms with Crippen LogP contribution in [0, 0.1) is 0 Å². The maximum Gasteiger partial charge on any atom is 0.251 e. The average molecular weight is 438 g/mol. The number of hydrogen-bond donors (Lipinski definition) is 2. The first-order valence-corrected chi connectivity index (χ1v) is 12.2. The molecule has 0 aromatic heterocycles. The summed E-state index contributed by atoms with van der Waals surface area (Å²) in [4.78, 5) is 26.6. The molecule has 166 valence electrons. The molecular weight excluding hydrogens is 406 g/mol. The number of hydrogen-bond acceptors (Lipinski definition) is 5. The van der Waals surface area contributed by atoms with Crippen LogP contribution >= 0.6 is 0 Å². The van der Waals surface area contributed by atoms with Crippen LogP contribution in [0.4, 0.5) is 0 Å². The Morgan fingerprint density at radius 3 is 2.37 bits per heavy atom. The molecule has 0 bridgehead atoms. The van der Waals surface area contributed by atoms with Gasteiger partial charge in [-0.05, 0) is 49.9 Å². The molecular formula is C21H31N3O5S. The Morgan fingerprint density at radius 1 is 1.03 bits per heavy atom. The van der Waals surface area contributed by atoms with Gasteiger partial charge in [-0.1, -0.05) is 12.8 Å². The molecule has 8 nitrogen and oxygen atoms in total. The van der Waals surface area contributed by atoms with Crippen molar-refractivity contribution in [3.8, 4) is 0 Å². The van der Waals surface area contributed by atoms with Crippen molar-refractivity contribution >= 4 is 21.8 Å². The van der Waals surface area contributed by atoms with Gasteiger partial charge in [0.05, 0.1) is 11.0 Å². The van der Waals surface area contributed by atoms with Gasteiger partial charge in [0.2, 0.25) is 15.9 Å². The van der Waals surface area contributed by atoms with Gasteiger partial charge in [0.15, 0.2) is 0 Å². The lowest BCUT2D eigenvalue weighted by Gasteiger charge is -2.20. The van der Waals surface area contributed by atoms with Gasteiger partial charge in [-0.25, -0.2) is 13.1 Å². The van der Waals surface area contributed by atoms with Crippen LogP contribution in [0.25, 0.3) is 0 Å². The van der Waals surface area contributed by atoms with Crippen molar-refractivity contribution in [1.29, 1.82) is 0 Å². The molecule has 2 saturated heterocycles. The molecule has 2 heterocycles. The molecule has 3 rings (SSSR count). The lowest BCUT2D eigenvalue weighted by atomic mass is 10.2. The van der Waals surface area contributed by atoms with Crippen molar-refractivity contribution < 1.29 is 22.7 Å². The number of ether oxygens (including phenoxy) is 1. The van der Waals surface area contributed by atoms with Crippen molar-refractivity contribution in [3.63, 3.8) is 0 Å². The molecule has 2 fully saturated rings. The van der Waals surface area contributed by atoms with Crippen LogP contribution in [-0.2, 0) is 19.6 Å². The maximum atomic E-state index is 12.4. The first kappa shape index (κ1) is 22.7. The van der Waals surface area contributed by atoms with E-state index < -0.39 is 10.0 Å². The van der Waals surface area contributed by atoms with Crippen LogP contribution in [0.15, 0.2) is 29.2 Å². The largest absolute Gasteiger partial charge is 0.377 e. The van der Waals surface area contributed by atoms with E-state index in [-0.39, 0.29) is 42.3 Å². The van der Waals surface area contributed by atoms with E-state index in [9.17, 15) is 18.0 Å². The van der Waals surface area contributed by atoms with E-state index >= 15 is 0 Å². The molecule has 0 saturated carbocycles. The Balaban J connectivity index is 1.45. The number of rotatable bonds is 8. The van der Waals surface area contributed by atoms with Gasteiger partial charge in [0.25, 0.3) is 5.91 Å². The normalized spacial score (nSPS) is 20.0. The molecule has 1 aromatic rings. The molecule has 2 amide bonds. The molecule has 0 spiro atoms. The first-order chi connectivity index (χ1) is 14.5. The second-order valence-electron chi connectivity index (χ2n) is 7.81. The van der Waals surface area contributed by atoms with E-state index in [1.807, 2.05) is 4.90 Å².